The molecule has 2 aromatic rings. The normalized spacial score (nSPS) is 14.6. The minimum atomic E-state index is -0.191. The number of esters is 1. The summed E-state index contributed by atoms with van der Waals surface area (Å²) in [5.74, 6) is -0.191. The molecule has 3 rings (SSSR count). The molecule has 140 valence electrons. The van der Waals surface area contributed by atoms with Crippen LogP contribution in [0.15, 0.2) is 24.3 Å². The lowest BCUT2D eigenvalue weighted by Crippen LogP contribution is -2.43. The van der Waals surface area contributed by atoms with Gasteiger partial charge in [-0.05, 0) is 36.6 Å². The van der Waals surface area contributed by atoms with E-state index in [9.17, 15) is 4.79 Å². The highest BCUT2D eigenvalue weighted by Crippen LogP contribution is 2.29. The van der Waals surface area contributed by atoms with Crippen LogP contribution in [0.5, 0.6) is 0 Å². The van der Waals surface area contributed by atoms with Crippen molar-refractivity contribution in [3.63, 3.8) is 0 Å². The lowest BCUT2D eigenvalue weighted by Gasteiger charge is -2.30. The van der Waals surface area contributed by atoms with Gasteiger partial charge in [-0.2, -0.15) is 0 Å². The van der Waals surface area contributed by atoms with Crippen LogP contribution in [-0.2, 0) is 22.4 Å². The number of ether oxygens (including phenoxy) is 1. The molecule has 1 saturated heterocycles. The summed E-state index contributed by atoms with van der Waals surface area (Å²) in [5, 5.41) is 4.61. The van der Waals surface area contributed by atoms with E-state index in [2.05, 4.69) is 35.3 Å². The number of rotatable bonds is 7. The number of methoxy groups -OCH3 is 1. The number of carbonyl (C=O) groups excluding carboxylic acids is 1. The van der Waals surface area contributed by atoms with Gasteiger partial charge >= 0.3 is 5.97 Å². The van der Waals surface area contributed by atoms with Gasteiger partial charge in [-0.3, -0.25) is 9.78 Å². The monoisotopic (exact) mass is 355 g/mol. The first-order valence-electron chi connectivity index (χ1n) is 9.66. The molecule has 0 spiro atoms. The van der Waals surface area contributed by atoms with Crippen molar-refractivity contribution >= 4 is 22.6 Å². The summed E-state index contributed by atoms with van der Waals surface area (Å²) in [5.41, 5.74) is 4.61. The predicted molar refractivity (Wildman–Crippen MR) is 106 cm³/mol. The third-order valence-electron chi connectivity index (χ3n) is 4.98. The molecule has 1 fully saturated rings. The van der Waals surface area contributed by atoms with Crippen molar-refractivity contribution in [3.05, 3.63) is 35.5 Å². The lowest BCUT2D eigenvalue weighted by molar-refractivity contribution is -0.140. The van der Waals surface area contributed by atoms with Crippen LogP contribution in [0.4, 0.5) is 5.69 Å². The minimum Gasteiger partial charge on any atom is -0.469 e. The molecule has 1 aliphatic heterocycles. The molecule has 0 atom stereocenters. The van der Waals surface area contributed by atoms with Gasteiger partial charge in [-0.15, -0.1) is 0 Å². The fourth-order valence-electron chi connectivity index (χ4n) is 3.46. The van der Waals surface area contributed by atoms with Crippen LogP contribution in [-0.4, -0.2) is 44.2 Å². The molecule has 1 N–H and O–H groups in total. The molecule has 0 amide bonds. The van der Waals surface area contributed by atoms with E-state index in [0.29, 0.717) is 12.8 Å². The van der Waals surface area contributed by atoms with Gasteiger partial charge in [0.15, 0.2) is 0 Å². The number of benzene rings is 1. The van der Waals surface area contributed by atoms with E-state index in [0.717, 1.165) is 43.8 Å². The molecule has 1 aromatic carbocycles. The Morgan fingerprint density at radius 3 is 2.77 bits per heavy atom. The fourth-order valence-corrected chi connectivity index (χ4v) is 3.46. The van der Waals surface area contributed by atoms with Crippen molar-refractivity contribution in [2.45, 2.75) is 39.0 Å². The number of nitrogens with zero attached hydrogens (tertiary/aromatic N) is 2. The van der Waals surface area contributed by atoms with Crippen LogP contribution >= 0.6 is 0 Å². The van der Waals surface area contributed by atoms with E-state index in [-0.39, 0.29) is 5.97 Å². The summed E-state index contributed by atoms with van der Waals surface area (Å²) in [6.07, 6.45) is 4.49. The number of unbranched alkanes of at least 4 members (excludes halogenated alkanes) is 1. The van der Waals surface area contributed by atoms with E-state index in [1.54, 1.807) is 0 Å². The Bertz CT molecular complexity index is 754. The zero-order valence-corrected chi connectivity index (χ0v) is 15.9. The SMILES string of the molecule is CCCCc1cc(N2CCNCC2)c2nc(CCC(=O)OC)ccc2c1. The second-order valence-electron chi connectivity index (χ2n) is 6.91. The van der Waals surface area contributed by atoms with Gasteiger partial charge in [0.25, 0.3) is 0 Å². The van der Waals surface area contributed by atoms with E-state index in [4.69, 9.17) is 9.72 Å². The second kappa shape index (κ2) is 8.99. The Kier molecular flexibility index (Phi) is 6.45. The maximum Gasteiger partial charge on any atom is 0.305 e. The van der Waals surface area contributed by atoms with Gasteiger partial charge in [0.1, 0.15) is 0 Å². The molecule has 0 radical (unpaired) electrons. The largest absolute Gasteiger partial charge is 0.469 e. The minimum absolute atomic E-state index is 0.191. The number of fused-ring (bicyclic) bond motifs is 1. The summed E-state index contributed by atoms with van der Waals surface area (Å²) in [6, 6.07) is 8.78. The third-order valence-corrected chi connectivity index (χ3v) is 4.98. The van der Waals surface area contributed by atoms with Crippen LogP contribution < -0.4 is 10.2 Å². The number of hydrogen-bond acceptors (Lipinski definition) is 5. The molecule has 0 aliphatic carbocycles. The average molecular weight is 355 g/mol. The topological polar surface area (TPSA) is 54.5 Å². The fraction of sp³-hybridized carbons (Fsp3) is 0.524. The van der Waals surface area contributed by atoms with Gasteiger partial charge in [0, 0.05) is 43.7 Å². The second-order valence-corrected chi connectivity index (χ2v) is 6.91. The van der Waals surface area contributed by atoms with E-state index < -0.39 is 0 Å². The summed E-state index contributed by atoms with van der Waals surface area (Å²) in [7, 11) is 1.43. The first-order valence-corrected chi connectivity index (χ1v) is 9.66. The molecular formula is C21H29N3O2. The number of pyridine rings is 1. The molecule has 1 aliphatic rings. The molecule has 0 saturated carbocycles. The van der Waals surface area contributed by atoms with Gasteiger partial charge < -0.3 is 15.0 Å². The van der Waals surface area contributed by atoms with Crippen LogP contribution in [0, 0.1) is 0 Å². The van der Waals surface area contributed by atoms with Crippen LogP contribution in [0.25, 0.3) is 10.9 Å². The number of aromatic nitrogens is 1. The van der Waals surface area contributed by atoms with Crippen molar-refractivity contribution in [1.29, 1.82) is 0 Å². The van der Waals surface area contributed by atoms with E-state index >= 15 is 0 Å². The van der Waals surface area contributed by atoms with E-state index in [1.165, 1.54) is 36.6 Å². The van der Waals surface area contributed by atoms with Gasteiger partial charge in [0.05, 0.1) is 24.7 Å². The highest BCUT2D eigenvalue weighted by atomic mass is 16.5. The predicted octanol–water partition coefficient (Wildman–Crippen LogP) is 3.09. The Labute approximate surface area is 155 Å². The first-order chi connectivity index (χ1) is 12.7. The summed E-state index contributed by atoms with van der Waals surface area (Å²) < 4.78 is 4.75. The van der Waals surface area contributed by atoms with Crippen molar-refractivity contribution < 1.29 is 9.53 Å². The molecule has 26 heavy (non-hydrogen) atoms. The number of hydrogen-bond donors (Lipinski definition) is 1. The smallest absolute Gasteiger partial charge is 0.305 e. The molecule has 2 heterocycles. The summed E-state index contributed by atoms with van der Waals surface area (Å²) >= 11 is 0. The summed E-state index contributed by atoms with van der Waals surface area (Å²) in [6.45, 7) is 6.24. The zero-order chi connectivity index (χ0) is 18.4. The molecule has 5 heteroatoms. The van der Waals surface area contributed by atoms with Crippen molar-refractivity contribution in [3.8, 4) is 0 Å². The van der Waals surface area contributed by atoms with Gasteiger partial charge in [-0.25, -0.2) is 0 Å². The number of nitrogens with one attached hydrogen (secondary N) is 1. The van der Waals surface area contributed by atoms with Crippen molar-refractivity contribution in [2.24, 2.45) is 0 Å². The number of anilines is 1. The van der Waals surface area contributed by atoms with Crippen LogP contribution in [0.2, 0.25) is 0 Å². The number of piperazine rings is 1. The maximum atomic E-state index is 11.4. The lowest BCUT2D eigenvalue weighted by atomic mass is 10.0. The molecular weight excluding hydrogens is 326 g/mol. The Balaban J connectivity index is 1.95. The molecule has 1 aromatic heterocycles. The van der Waals surface area contributed by atoms with Gasteiger partial charge in [-0.1, -0.05) is 19.4 Å². The maximum absolute atomic E-state index is 11.4. The zero-order valence-electron chi connectivity index (χ0n) is 15.9. The van der Waals surface area contributed by atoms with E-state index in [1.807, 2.05) is 6.07 Å². The van der Waals surface area contributed by atoms with Crippen molar-refractivity contribution in [2.75, 3.05) is 38.2 Å². The number of aryl methyl sites for hydroxylation is 2. The molecule has 0 unspecified atom stereocenters. The standard InChI is InChI=1S/C21H29N3O2/c1-3-4-5-16-14-17-6-7-18(8-9-20(25)26-2)23-21(17)19(15-16)24-12-10-22-11-13-24/h6-7,14-15,22H,3-5,8-13H2,1-2H3. The molecule has 0 bridgehead atoms. The highest BCUT2D eigenvalue weighted by molar-refractivity contribution is 5.92. The summed E-state index contributed by atoms with van der Waals surface area (Å²) in [4.78, 5) is 18.8. The van der Waals surface area contributed by atoms with Crippen LogP contribution in [0.3, 0.4) is 0 Å². The Morgan fingerprint density at radius 1 is 1.23 bits per heavy atom. The molecule has 5 nitrogen and oxygen atoms in total. The quantitative estimate of drug-likeness (QED) is 0.774. The van der Waals surface area contributed by atoms with Crippen LogP contribution in [0.1, 0.15) is 37.4 Å². The van der Waals surface area contributed by atoms with Crippen molar-refractivity contribution in [1.82, 2.24) is 10.3 Å². The Hall–Kier alpha value is -2.14. The van der Waals surface area contributed by atoms with Gasteiger partial charge in [0.2, 0.25) is 0 Å². The first kappa shape index (κ1) is 18.6. The average Bonchev–Trinajstić information content (AvgIpc) is 2.70. The Morgan fingerprint density at radius 2 is 2.04 bits per heavy atom. The number of carbonyl (C=O) groups is 1. The highest BCUT2D eigenvalue weighted by Gasteiger charge is 2.16. The third kappa shape index (κ3) is 4.52.